The van der Waals surface area contributed by atoms with Gasteiger partial charge in [-0.05, 0) is 30.4 Å². The molecule has 19 heavy (non-hydrogen) atoms. The lowest BCUT2D eigenvalue weighted by atomic mass is 10.2. The summed E-state index contributed by atoms with van der Waals surface area (Å²) in [6, 6.07) is 4.01. The highest BCUT2D eigenvalue weighted by atomic mass is 32.1. The first-order valence-corrected chi connectivity index (χ1v) is 7.99. The van der Waals surface area contributed by atoms with Crippen LogP contribution in [0, 0.1) is 0 Å². The van der Waals surface area contributed by atoms with Gasteiger partial charge >= 0.3 is 0 Å². The van der Waals surface area contributed by atoms with Gasteiger partial charge in [-0.1, -0.05) is 26.7 Å². The van der Waals surface area contributed by atoms with Crippen LogP contribution in [0.4, 0.5) is 0 Å². The van der Waals surface area contributed by atoms with Crippen molar-refractivity contribution in [2.24, 2.45) is 0 Å². The average Bonchev–Trinajstić information content (AvgIpc) is 2.99. The summed E-state index contributed by atoms with van der Waals surface area (Å²) < 4.78 is 1.16. The zero-order chi connectivity index (χ0) is 13.7. The molecule has 0 atom stereocenters. The molecule has 0 fully saturated rings. The highest BCUT2D eigenvalue weighted by molar-refractivity contribution is 7.17. The molecule has 0 radical (unpaired) electrons. The molecule has 0 aliphatic heterocycles. The predicted octanol–water partition coefficient (Wildman–Crippen LogP) is 4.27. The van der Waals surface area contributed by atoms with Crippen molar-refractivity contribution in [2.75, 3.05) is 13.1 Å². The normalized spacial score (nSPS) is 11.1. The fourth-order valence-corrected chi connectivity index (χ4v) is 2.93. The topological polar surface area (TPSA) is 36.1 Å². The molecule has 0 saturated heterocycles. The van der Waals surface area contributed by atoms with Crippen LogP contribution in [0.2, 0.25) is 0 Å². The van der Waals surface area contributed by atoms with Gasteiger partial charge in [-0.3, -0.25) is 4.79 Å². The first-order chi connectivity index (χ1) is 9.26. The van der Waals surface area contributed by atoms with Gasteiger partial charge in [0.2, 0.25) is 0 Å². The Morgan fingerprint density at radius 1 is 1.26 bits per heavy atom. The number of hydrogen-bond donors (Lipinski definition) is 1. The summed E-state index contributed by atoms with van der Waals surface area (Å²) in [5.74, 6) is 0.144. The molecule has 1 N–H and O–H groups in total. The molecule has 2 aromatic rings. The molecule has 0 aliphatic rings. The summed E-state index contributed by atoms with van der Waals surface area (Å²) >= 11 is 1.67. The van der Waals surface area contributed by atoms with Crippen molar-refractivity contribution >= 4 is 27.5 Å². The number of fused-ring (bicyclic) bond motifs is 1. The fourth-order valence-electron chi connectivity index (χ4n) is 2.15. The van der Waals surface area contributed by atoms with Crippen molar-refractivity contribution in [3.05, 3.63) is 23.2 Å². The Bertz CT molecular complexity index is 492. The van der Waals surface area contributed by atoms with Crippen molar-refractivity contribution in [3.8, 4) is 0 Å². The molecule has 0 aliphatic carbocycles. The monoisotopic (exact) mass is 278 g/mol. The number of amides is 1. The van der Waals surface area contributed by atoms with Crippen LogP contribution >= 0.6 is 11.3 Å². The van der Waals surface area contributed by atoms with Gasteiger partial charge in [-0.25, -0.2) is 0 Å². The molecule has 3 nitrogen and oxygen atoms in total. The van der Waals surface area contributed by atoms with Crippen molar-refractivity contribution < 1.29 is 4.79 Å². The van der Waals surface area contributed by atoms with E-state index in [-0.39, 0.29) is 5.91 Å². The van der Waals surface area contributed by atoms with Gasteiger partial charge in [0.25, 0.3) is 5.91 Å². The summed E-state index contributed by atoms with van der Waals surface area (Å²) in [7, 11) is 0. The number of thiophene rings is 1. The summed E-state index contributed by atoms with van der Waals surface area (Å²) in [5.41, 5.74) is 1.80. The van der Waals surface area contributed by atoms with Gasteiger partial charge in [0.05, 0.1) is 10.2 Å². The number of carbonyl (C=O) groups is 1. The van der Waals surface area contributed by atoms with E-state index >= 15 is 0 Å². The van der Waals surface area contributed by atoms with Crippen LogP contribution in [0.25, 0.3) is 10.2 Å². The first kappa shape index (κ1) is 14.1. The van der Waals surface area contributed by atoms with Crippen LogP contribution in [0.1, 0.15) is 50.0 Å². The van der Waals surface area contributed by atoms with Crippen molar-refractivity contribution in [2.45, 2.75) is 39.5 Å². The fraction of sp³-hybridized carbons (Fsp3) is 0.533. The number of aromatic amines is 1. The Balaban J connectivity index is 2.10. The minimum absolute atomic E-state index is 0.144. The smallest absolute Gasteiger partial charge is 0.270 e. The van der Waals surface area contributed by atoms with Gasteiger partial charge in [-0.2, -0.15) is 0 Å². The Morgan fingerprint density at radius 3 is 2.53 bits per heavy atom. The highest BCUT2D eigenvalue weighted by Gasteiger charge is 2.17. The van der Waals surface area contributed by atoms with Crippen LogP contribution in [0.3, 0.4) is 0 Å². The van der Waals surface area contributed by atoms with E-state index in [1.807, 2.05) is 22.4 Å². The number of carbonyl (C=O) groups excluding carboxylic acids is 1. The third kappa shape index (κ3) is 3.38. The third-order valence-electron chi connectivity index (χ3n) is 3.32. The summed E-state index contributed by atoms with van der Waals surface area (Å²) in [6.45, 7) is 6.05. The minimum atomic E-state index is 0.144. The second-order valence-corrected chi connectivity index (χ2v) is 5.83. The lowest BCUT2D eigenvalue weighted by molar-refractivity contribution is 0.0746. The Hall–Kier alpha value is -1.29. The number of hydrogen-bond acceptors (Lipinski definition) is 2. The number of aromatic nitrogens is 1. The van der Waals surface area contributed by atoms with Crippen LogP contribution in [-0.4, -0.2) is 28.9 Å². The summed E-state index contributed by atoms with van der Waals surface area (Å²) in [5, 5.41) is 2.04. The molecule has 0 saturated carbocycles. The van der Waals surface area contributed by atoms with E-state index in [0.717, 1.165) is 54.7 Å². The Labute approximate surface area is 118 Å². The molecule has 104 valence electrons. The van der Waals surface area contributed by atoms with E-state index < -0.39 is 0 Å². The Morgan fingerprint density at radius 2 is 1.95 bits per heavy atom. The molecule has 0 spiro atoms. The molecule has 2 rings (SSSR count). The van der Waals surface area contributed by atoms with Crippen LogP contribution < -0.4 is 0 Å². The molecule has 0 aromatic carbocycles. The maximum atomic E-state index is 12.5. The number of H-pyrrole nitrogens is 1. The molecule has 2 heterocycles. The molecular formula is C15H22N2OS. The first-order valence-electron chi connectivity index (χ1n) is 7.11. The number of unbranched alkanes of at least 4 members (excludes halogenated alkanes) is 2. The largest absolute Gasteiger partial charge is 0.350 e. The second kappa shape index (κ2) is 6.75. The number of nitrogens with zero attached hydrogens (tertiary/aromatic N) is 1. The van der Waals surface area contributed by atoms with E-state index in [1.54, 1.807) is 11.3 Å². The molecule has 4 heteroatoms. The van der Waals surface area contributed by atoms with E-state index in [1.165, 1.54) is 0 Å². The van der Waals surface area contributed by atoms with E-state index in [4.69, 9.17) is 0 Å². The van der Waals surface area contributed by atoms with E-state index in [9.17, 15) is 4.79 Å². The van der Waals surface area contributed by atoms with E-state index in [2.05, 4.69) is 18.8 Å². The van der Waals surface area contributed by atoms with Crippen LogP contribution in [0.15, 0.2) is 17.5 Å². The second-order valence-electron chi connectivity index (χ2n) is 4.88. The predicted molar refractivity (Wildman–Crippen MR) is 81.9 cm³/mol. The van der Waals surface area contributed by atoms with Crippen molar-refractivity contribution in [1.82, 2.24) is 9.88 Å². The SMILES string of the molecule is CCCCN(CCCC)C(=O)c1cc2sccc2[nH]1. The molecule has 1 amide bonds. The molecule has 2 aromatic heterocycles. The van der Waals surface area contributed by atoms with E-state index in [0.29, 0.717) is 0 Å². The standard InChI is InChI=1S/C15H22N2OS/c1-3-5-8-17(9-6-4-2)15(18)13-11-14-12(16-13)7-10-19-14/h7,10-11,16H,3-6,8-9H2,1-2H3. The zero-order valence-electron chi connectivity index (χ0n) is 11.7. The summed E-state index contributed by atoms with van der Waals surface area (Å²) in [4.78, 5) is 17.7. The van der Waals surface area contributed by atoms with Crippen molar-refractivity contribution in [1.29, 1.82) is 0 Å². The molecule has 0 bridgehead atoms. The molecular weight excluding hydrogens is 256 g/mol. The average molecular weight is 278 g/mol. The maximum Gasteiger partial charge on any atom is 0.270 e. The van der Waals surface area contributed by atoms with Crippen LogP contribution in [0.5, 0.6) is 0 Å². The third-order valence-corrected chi connectivity index (χ3v) is 4.18. The van der Waals surface area contributed by atoms with Gasteiger partial charge < -0.3 is 9.88 Å². The lowest BCUT2D eigenvalue weighted by Gasteiger charge is -2.21. The lowest BCUT2D eigenvalue weighted by Crippen LogP contribution is -2.33. The Kier molecular flexibility index (Phi) is 5.02. The van der Waals surface area contributed by atoms with Crippen LogP contribution in [-0.2, 0) is 0 Å². The van der Waals surface area contributed by atoms with Gasteiger partial charge in [0.15, 0.2) is 0 Å². The van der Waals surface area contributed by atoms with Crippen molar-refractivity contribution in [3.63, 3.8) is 0 Å². The number of rotatable bonds is 7. The number of nitrogens with one attached hydrogen (secondary N) is 1. The highest BCUT2D eigenvalue weighted by Crippen LogP contribution is 2.22. The quantitative estimate of drug-likeness (QED) is 0.806. The zero-order valence-corrected chi connectivity index (χ0v) is 12.6. The summed E-state index contributed by atoms with van der Waals surface area (Å²) in [6.07, 6.45) is 4.39. The van der Waals surface area contributed by atoms with Gasteiger partial charge in [0, 0.05) is 13.1 Å². The minimum Gasteiger partial charge on any atom is -0.350 e. The maximum absolute atomic E-state index is 12.5. The van der Waals surface area contributed by atoms with Gasteiger partial charge in [0.1, 0.15) is 5.69 Å². The van der Waals surface area contributed by atoms with Gasteiger partial charge in [-0.15, -0.1) is 11.3 Å². The molecule has 0 unspecified atom stereocenters.